The lowest BCUT2D eigenvalue weighted by atomic mass is 9.88. The minimum atomic E-state index is -0.999. The predicted octanol–water partition coefficient (Wildman–Crippen LogP) is 2.57. The average Bonchev–Trinajstić information content (AvgIpc) is 2.27. The highest BCUT2D eigenvalue weighted by atomic mass is 35.5. The lowest BCUT2D eigenvalue weighted by molar-refractivity contribution is -0.138. The van der Waals surface area contributed by atoms with Crippen molar-refractivity contribution in [1.82, 2.24) is 5.32 Å². The van der Waals surface area contributed by atoms with Gasteiger partial charge >= 0.3 is 0 Å². The van der Waals surface area contributed by atoms with E-state index < -0.39 is 5.41 Å². The third-order valence-electron chi connectivity index (χ3n) is 2.85. The highest BCUT2D eigenvalue weighted by molar-refractivity contribution is 6.31. The van der Waals surface area contributed by atoms with Gasteiger partial charge in [-0.3, -0.25) is 9.59 Å². The average molecular weight is 254 g/mol. The summed E-state index contributed by atoms with van der Waals surface area (Å²) in [6.45, 7) is 4.96. The molecule has 17 heavy (non-hydrogen) atoms. The Bertz CT molecular complexity index is 441. The van der Waals surface area contributed by atoms with Crippen molar-refractivity contribution < 1.29 is 9.59 Å². The van der Waals surface area contributed by atoms with E-state index in [4.69, 9.17) is 11.6 Å². The van der Waals surface area contributed by atoms with E-state index in [1.807, 2.05) is 18.2 Å². The van der Waals surface area contributed by atoms with Crippen LogP contribution >= 0.6 is 11.6 Å². The number of ketones is 1. The van der Waals surface area contributed by atoms with Crippen LogP contribution in [0.3, 0.4) is 0 Å². The molecule has 0 fully saturated rings. The van der Waals surface area contributed by atoms with Crippen molar-refractivity contribution in [3.63, 3.8) is 0 Å². The van der Waals surface area contributed by atoms with Gasteiger partial charge < -0.3 is 5.32 Å². The fourth-order valence-corrected chi connectivity index (χ4v) is 1.40. The van der Waals surface area contributed by atoms with Crippen LogP contribution in [0.2, 0.25) is 5.02 Å². The van der Waals surface area contributed by atoms with Gasteiger partial charge in [-0.2, -0.15) is 0 Å². The molecule has 1 amide bonds. The number of benzene rings is 1. The summed E-state index contributed by atoms with van der Waals surface area (Å²) in [7, 11) is 0. The first-order chi connectivity index (χ1) is 7.85. The third kappa shape index (κ3) is 3.30. The molecule has 0 saturated heterocycles. The zero-order chi connectivity index (χ0) is 13.1. The maximum atomic E-state index is 11.8. The van der Waals surface area contributed by atoms with Crippen LogP contribution in [0, 0.1) is 5.41 Å². The van der Waals surface area contributed by atoms with E-state index in [0.717, 1.165) is 5.56 Å². The molecule has 1 N–H and O–H groups in total. The molecule has 1 aromatic rings. The molecule has 0 bridgehead atoms. The standard InChI is InChI=1S/C13H16ClNO2/c1-9(16)13(2,3)12(17)15-8-10-6-4-5-7-11(10)14/h4-7H,8H2,1-3H3,(H,15,17). The summed E-state index contributed by atoms with van der Waals surface area (Å²) in [4.78, 5) is 23.1. The largest absolute Gasteiger partial charge is 0.351 e. The Morgan fingerprint density at radius 3 is 2.41 bits per heavy atom. The van der Waals surface area contributed by atoms with Gasteiger partial charge in [-0.05, 0) is 32.4 Å². The van der Waals surface area contributed by atoms with E-state index in [9.17, 15) is 9.59 Å². The maximum Gasteiger partial charge on any atom is 0.233 e. The molecule has 0 atom stereocenters. The molecule has 3 nitrogen and oxygen atoms in total. The summed E-state index contributed by atoms with van der Waals surface area (Å²) in [5, 5.41) is 3.32. The van der Waals surface area contributed by atoms with E-state index in [1.54, 1.807) is 19.9 Å². The fraction of sp³-hybridized carbons (Fsp3) is 0.385. The molecule has 0 heterocycles. The highest BCUT2D eigenvalue weighted by Crippen LogP contribution is 2.18. The number of Topliss-reactive ketones (excluding diaryl/α,β-unsaturated/α-hetero) is 1. The van der Waals surface area contributed by atoms with Gasteiger partial charge in [-0.15, -0.1) is 0 Å². The van der Waals surface area contributed by atoms with Gasteiger partial charge in [0.25, 0.3) is 0 Å². The second-order valence-corrected chi connectivity index (χ2v) is 4.86. The molecule has 0 aliphatic heterocycles. The molecular weight excluding hydrogens is 238 g/mol. The minimum Gasteiger partial charge on any atom is -0.351 e. The van der Waals surface area contributed by atoms with Crippen molar-refractivity contribution in [2.75, 3.05) is 0 Å². The number of carbonyl (C=O) groups excluding carboxylic acids is 2. The number of nitrogens with one attached hydrogen (secondary N) is 1. The quantitative estimate of drug-likeness (QED) is 0.839. The van der Waals surface area contributed by atoms with Gasteiger partial charge in [0.15, 0.2) is 0 Å². The normalized spacial score (nSPS) is 11.1. The van der Waals surface area contributed by atoms with E-state index in [-0.39, 0.29) is 11.7 Å². The highest BCUT2D eigenvalue weighted by Gasteiger charge is 2.32. The molecule has 92 valence electrons. The van der Waals surface area contributed by atoms with E-state index in [1.165, 1.54) is 6.92 Å². The summed E-state index contributed by atoms with van der Waals surface area (Å²) < 4.78 is 0. The van der Waals surface area contributed by atoms with Crippen LogP contribution in [-0.4, -0.2) is 11.7 Å². The first-order valence-electron chi connectivity index (χ1n) is 5.38. The molecule has 0 spiro atoms. The molecule has 4 heteroatoms. The summed E-state index contributed by atoms with van der Waals surface area (Å²) in [6, 6.07) is 7.28. The number of rotatable bonds is 4. The Morgan fingerprint density at radius 1 is 1.29 bits per heavy atom. The van der Waals surface area contributed by atoms with Crippen LogP contribution in [-0.2, 0) is 16.1 Å². The molecule has 0 aromatic heterocycles. The molecule has 0 aliphatic rings. The van der Waals surface area contributed by atoms with Crippen molar-refractivity contribution in [2.45, 2.75) is 27.3 Å². The SMILES string of the molecule is CC(=O)C(C)(C)C(=O)NCc1ccccc1Cl. The zero-order valence-electron chi connectivity index (χ0n) is 10.2. The molecule has 0 radical (unpaired) electrons. The van der Waals surface area contributed by atoms with Gasteiger partial charge in [-0.1, -0.05) is 29.8 Å². The predicted molar refractivity (Wildman–Crippen MR) is 67.8 cm³/mol. The van der Waals surface area contributed by atoms with Crippen molar-refractivity contribution in [3.05, 3.63) is 34.9 Å². The van der Waals surface area contributed by atoms with Gasteiger partial charge in [-0.25, -0.2) is 0 Å². The third-order valence-corrected chi connectivity index (χ3v) is 3.21. The molecule has 1 aromatic carbocycles. The molecule has 0 unspecified atom stereocenters. The molecular formula is C13H16ClNO2. The van der Waals surface area contributed by atoms with Crippen molar-refractivity contribution in [2.24, 2.45) is 5.41 Å². The summed E-state index contributed by atoms with van der Waals surface area (Å²) >= 11 is 5.97. The Hall–Kier alpha value is -1.35. The Labute approximate surface area is 106 Å². The summed E-state index contributed by atoms with van der Waals surface area (Å²) in [6.07, 6.45) is 0. The first kappa shape index (κ1) is 13.7. The van der Waals surface area contributed by atoms with E-state index in [2.05, 4.69) is 5.32 Å². The number of hydrogen-bond acceptors (Lipinski definition) is 2. The van der Waals surface area contributed by atoms with Gasteiger partial charge in [0.1, 0.15) is 11.2 Å². The van der Waals surface area contributed by atoms with Crippen LogP contribution in [0.1, 0.15) is 26.3 Å². The Kier molecular flexibility index (Phi) is 4.29. The number of hydrogen-bond donors (Lipinski definition) is 1. The Balaban J connectivity index is 2.67. The topological polar surface area (TPSA) is 46.2 Å². The fourth-order valence-electron chi connectivity index (χ4n) is 1.20. The second kappa shape index (κ2) is 5.32. The Morgan fingerprint density at radius 2 is 1.88 bits per heavy atom. The lowest BCUT2D eigenvalue weighted by Crippen LogP contribution is -2.41. The smallest absolute Gasteiger partial charge is 0.233 e. The van der Waals surface area contributed by atoms with Gasteiger partial charge in [0.05, 0.1) is 0 Å². The number of amides is 1. The van der Waals surface area contributed by atoms with Gasteiger partial charge in [0.2, 0.25) is 5.91 Å². The first-order valence-corrected chi connectivity index (χ1v) is 5.76. The summed E-state index contributed by atoms with van der Waals surface area (Å²) in [5.41, 5.74) is -0.164. The summed E-state index contributed by atoms with van der Waals surface area (Å²) in [5.74, 6) is -0.445. The zero-order valence-corrected chi connectivity index (χ0v) is 11.0. The van der Waals surface area contributed by atoms with Gasteiger partial charge in [0, 0.05) is 11.6 Å². The van der Waals surface area contributed by atoms with Crippen molar-refractivity contribution in [1.29, 1.82) is 0 Å². The van der Waals surface area contributed by atoms with Crippen LogP contribution in [0.25, 0.3) is 0 Å². The number of carbonyl (C=O) groups is 2. The van der Waals surface area contributed by atoms with E-state index in [0.29, 0.717) is 11.6 Å². The lowest BCUT2D eigenvalue weighted by Gasteiger charge is -2.20. The monoisotopic (exact) mass is 253 g/mol. The second-order valence-electron chi connectivity index (χ2n) is 4.46. The van der Waals surface area contributed by atoms with E-state index >= 15 is 0 Å². The van der Waals surface area contributed by atoms with Crippen molar-refractivity contribution in [3.8, 4) is 0 Å². The van der Waals surface area contributed by atoms with Crippen LogP contribution in [0.5, 0.6) is 0 Å². The van der Waals surface area contributed by atoms with Crippen LogP contribution in [0.15, 0.2) is 24.3 Å². The minimum absolute atomic E-state index is 0.158. The number of halogens is 1. The molecule has 0 aliphatic carbocycles. The van der Waals surface area contributed by atoms with Crippen molar-refractivity contribution >= 4 is 23.3 Å². The van der Waals surface area contributed by atoms with Crippen LogP contribution in [0.4, 0.5) is 0 Å². The molecule has 1 rings (SSSR count). The maximum absolute atomic E-state index is 11.8. The molecule has 0 saturated carbocycles. The van der Waals surface area contributed by atoms with Crippen LogP contribution < -0.4 is 5.32 Å².